The first kappa shape index (κ1) is 11.3. The van der Waals surface area contributed by atoms with Crippen molar-refractivity contribution in [3.63, 3.8) is 0 Å². The van der Waals surface area contributed by atoms with Gasteiger partial charge in [0.15, 0.2) is 0 Å². The highest BCUT2D eigenvalue weighted by molar-refractivity contribution is 5.95. The Hall–Kier alpha value is -1.78. The lowest BCUT2D eigenvalue weighted by atomic mass is 10.2. The van der Waals surface area contributed by atoms with Crippen LogP contribution >= 0.6 is 0 Å². The summed E-state index contributed by atoms with van der Waals surface area (Å²) >= 11 is 0. The van der Waals surface area contributed by atoms with Crippen LogP contribution in [0.3, 0.4) is 0 Å². The van der Waals surface area contributed by atoms with Crippen LogP contribution in [0.25, 0.3) is 0 Å². The Morgan fingerprint density at radius 3 is 2.93 bits per heavy atom. The number of ether oxygens (including phenoxy) is 1. The summed E-state index contributed by atoms with van der Waals surface area (Å²) in [7, 11) is 0. The molecule has 5 heteroatoms. The van der Waals surface area contributed by atoms with E-state index in [4.69, 9.17) is 16.2 Å². The topological polar surface area (TPSA) is 91.2 Å². The number of nitrogens with two attached hydrogens (primary N) is 2. The van der Waals surface area contributed by atoms with Crippen LogP contribution < -0.4 is 16.2 Å². The van der Waals surface area contributed by atoms with Gasteiger partial charge < -0.3 is 16.2 Å². The fraction of sp³-hybridized carbons (Fsp3) is 0.400. The van der Waals surface area contributed by atoms with Crippen LogP contribution in [0.5, 0.6) is 5.88 Å². The molecule has 0 aliphatic carbocycles. The third-order valence-corrected chi connectivity index (χ3v) is 1.87. The lowest BCUT2D eigenvalue weighted by Gasteiger charge is -2.08. The minimum Gasteiger partial charge on any atom is -0.477 e. The van der Waals surface area contributed by atoms with E-state index in [1.54, 1.807) is 0 Å². The fourth-order valence-electron chi connectivity index (χ4n) is 1.07. The molecule has 1 amide bonds. The summed E-state index contributed by atoms with van der Waals surface area (Å²) in [4.78, 5) is 15.0. The summed E-state index contributed by atoms with van der Waals surface area (Å²) in [5, 5.41) is 0. The van der Waals surface area contributed by atoms with Gasteiger partial charge in [-0.2, -0.15) is 0 Å². The largest absolute Gasteiger partial charge is 0.477 e. The van der Waals surface area contributed by atoms with Gasteiger partial charge in [-0.1, -0.05) is 13.3 Å². The van der Waals surface area contributed by atoms with Crippen LogP contribution in [-0.4, -0.2) is 17.5 Å². The van der Waals surface area contributed by atoms with Crippen LogP contribution in [0.2, 0.25) is 0 Å². The van der Waals surface area contributed by atoms with Crippen LogP contribution in [0.4, 0.5) is 5.69 Å². The highest BCUT2D eigenvalue weighted by atomic mass is 16.5. The highest BCUT2D eigenvalue weighted by Crippen LogP contribution is 2.17. The molecule has 1 aromatic rings. The van der Waals surface area contributed by atoms with E-state index in [0.717, 1.165) is 12.8 Å². The van der Waals surface area contributed by atoms with Crippen molar-refractivity contribution in [1.29, 1.82) is 0 Å². The predicted molar refractivity (Wildman–Crippen MR) is 57.6 cm³/mol. The first-order valence-corrected chi connectivity index (χ1v) is 4.83. The second-order valence-corrected chi connectivity index (χ2v) is 3.19. The predicted octanol–water partition coefficient (Wildman–Crippen LogP) is 0.942. The number of pyridine rings is 1. The van der Waals surface area contributed by atoms with E-state index in [1.807, 2.05) is 0 Å². The van der Waals surface area contributed by atoms with Crippen molar-refractivity contribution < 1.29 is 9.53 Å². The first-order valence-electron chi connectivity index (χ1n) is 4.83. The summed E-state index contributed by atoms with van der Waals surface area (Å²) in [5.74, 6) is -0.327. The average molecular weight is 209 g/mol. The molecule has 0 aliphatic rings. The van der Waals surface area contributed by atoms with Crippen molar-refractivity contribution in [2.75, 3.05) is 12.3 Å². The van der Waals surface area contributed by atoms with E-state index in [2.05, 4.69) is 11.9 Å². The molecule has 0 aliphatic heterocycles. The first-order chi connectivity index (χ1) is 7.15. The number of hydrogen-bond acceptors (Lipinski definition) is 4. The number of nitrogen functional groups attached to an aromatic ring is 1. The van der Waals surface area contributed by atoms with E-state index in [-0.39, 0.29) is 11.4 Å². The molecule has 1 heterocycles. The SMILES string of the molecule is CCCCOc1ncc(N)cc1C(N)=O. The Kier molecular flexibility index (Phi) is 3.91. The maximum Gasteiger partial charge on any atom is 0.254 e. The molecule has 5 nitrogen and oxygen atoms in total. The van der Waals surface area contributed by atoms with Crippen molar-refractivity contribution in [2.24, 2.45) is 5.73 Å². The zero-order valence-electron chi connectivity index (χ0n) is 8.69. The molecule has 0 aromatic carbocycles. The van der Waals surface area contributed by atoms with Gasteiger partial charge >= 0.3 is 0 Å². The molecular formula is C10H15N3O2. The van der Waals surface area contributed by atoms with E-state index in [1.165, 1.54) is 12.3 Å². The number of nitrogens with zero attached hydrogens (tertiary/aromatic N) is 1. The number of primary amides is 1. The Labute approximate surface area is 88.4 Å². The molecule has 0 saturated heterocycles. The van der Waals surface area contributed by atoms with E-state index >= 15 is 0 Å². The van der Waals surface area contributed by atoms with Crippen molar-refractivity contribution in [2.45, 2.75) is 19.8 Å². The van der Waals surface area contributed by atoms with Gasteiger partial charge in [-0.3, -0.25) is 4.79 Å². The molecular weight excluding hydrogens is 194 g/mol. The number of anilines is 1. The number of carbonyl (C=O) groups is 1. The molecule has 1 aromatic heterocycles. The second kappa shape index (κ2) is 5.19. The normalized spacial score (nSPS) is 9.93. The zero-order valence-corrected chi connectivity index (χ0v) is 8.69. The van der Waals surface area contributed by atoms with Gasteiger partial charge in [0.05, 0.1) is 18.5 Å². The standard InChI is InChI=1S/C10H15N3O2/c1-2-3-4-15-10-8(9(12)14)5-7(11)6-13-10/h5-6H,2-4,11H2,1H3,(H2,12,14). The number of amides is 1. The molecule has 4 N–H and O–H groups in total. The number of aromatic nitrogens is 1. The summed E-state index contributed by atoms with van der Waals surface area (Å²) in [6.45, 7) is 2.57. The molecule has 0 radical (unpaired) electrons. The monoisotopic (exact) mass is 209 g/mol. The maximum absolute atomic E-state index is 11.1. The van der Waals surface area contributed by atoms with Crippen LogP contribution in [0, 0.1) is 0 Å². The number of rotatable bonds is 5. The van der Waals surface area contributed by atoms with Gasteiger partial charge in [-0.15, -0.1) is 0 Å². The van der Waals surface area contributed by atoms with Crippen LogP contribution in [-0.2, 0) is 0 Å². The van der Waals surface area contributed by atoms with E-state index in [0.29, 0.717) is 12.3 Å². The van der Waals surface area contributed by atoms with Crippen LogP contribution in [0.15, 0.2) is 12.3 Å². The third kappa shape index (κ3) is 3.12. The van der Waals surface area contributed by atoms with E-state index in [9.17, 15) is 4.79 Å². The molecule has 15 heavy (non-hydrogen) atoms. The van der Waals surface area contributed by atoms with E-state index < -0.39 is 5.91 Å². The third-order valence-electron chi connectivity index (χ3n) is 1.87. The summed E-state index contributed by atoms with van der Waals surface area (Å²) in [6.07, 6.45) is 3.36. The lowest BCUT2D eigenvalue weighted by molar-refractivity contribution is 0.0995. The van der Waals surface area contributed by atoms with Gasteiger partial charge in [0.25, 0.3) is 5.91 Å². The Morgan fingerprint density at radius 2 is 2.33 bits per heavy atom. The fourth-order valence-corrected chi connectivity index (χ4v) is 1.07. The zero-order chi connectivity index (χ0) is 11.3. The van der Waals surface area contributed by atoms with Crippen molar-refractivity contribution in [3.05, 3.63) is 17.8 Å². The van der Waals surface area contributed by atoms with Gasteiger partial charge in [0.1, 0.15) is 5.56 Å². The summed E-state index contributed by atoms with van der Waals surface area (Å²) in [5.41, 5.74) is 11.3. The average Bonchev–Trinajstić information content (AvgIpc) is 2.20. The van der Waals surface area contributed by atoms with Crippen LogP contribution in [0.1, 0.15) is 30.1 Å². The second-order valence-electron chi connectivity index (χ2n) is 3.19. The summed E-state index contributed by atoms with van der Waals surface area (Å²) in [6, 6.07) is 1.47. The molecule has 0 bridgehead atoms. The Morgan fingerprint density at radius 1 is 1.60 bits per heavy atom. The van der Waals surface area contributed by atoms with Gasteiger partial charge in [0.2, 0.25) is 5.88 Å². The molecule has 1 rings (SSSR count). The Balaban J connectivity index is 2.81. The maximum atomic E-state index is 11.1. The number of carbonyl (C=O) groups excluding carboxylic acids is 1. The van der Waals surface area contributed by atoms with Gasteiger partial charge in [0, 0.05) is 0 Å². The minimum atomic E-state index is -0.582. The van der Waals surface area contributed by atoms with Crippen molar-refractivity contribution in [1.82, 2.24) is 4.98 Å². The van der Waals surface area contributed by atoms with Gasteiger partial charge in [-0.25, -0.2) is 4.98 Å². The minimum absolute atomic E-state index is 0.228. The number of unbranched alkanes of at least 4 members (excludes halogenated alkanes) is 1. The van der Waals surface area contributed by atoms with Gasteiger partial charge in [-0.05, 0) is 12.5 Å². The van der Waals surface area contributed by atoms with Crippen molar-refractivity contribution in [3.8, 4) is 5.88 Å². The Bertz CT molecular complexity index is 353. The molecule has 0 saturated carbocycles. The smallest absolute Gasteiger partial charge is 0.254 e. The summed E-state index contributed by atoms with van der Waals surface area (Å²) < 4.78 is 5.33. The molecule has 82 valence electrons. The lowest BCUT2D eigenvalue weighted by Crippen LogP contribution is -2.14. The molecule has 0 atom stereocenters. The quantitative estimate of drug-likeness (QED) is 0.706. The molecule has 0 fully saturated rings. The molecule has 0 unspecified atom stereocenters. The number of hydrogen-bond donors (Lipinski definition) is 2. The molecule has 0 spiro atoms. The van der Waals surface area contributed by atoms with Crippen molar-refractivity contribution >= 4 is 11.6 Å². The highest BCUT2D eigenvalue weighted by Gasteiger charge is 2.11.